The lowest BCUT2D eigenvalue weighted by Gasteiger charge is -2.73. The first-order valence-electron chi connectivity index (χ1n) is 19.5. The van der Waals surface area contributed by atoms with Gasteiger partial charge in [-0.05, 0) is 71.3 Å². The van der Waals surface area contributed by atoms with Crippen LogP contribution in [0.1, 0.15) is 24.3 Å². The minimum absolute atomic E-state index is 0.691. The van der Waals surface area contributed by atoms with Crippen LogP contribution >= 0.6 is 0 Å². The highest BCUT2D eigenvalue weighted by Gasteiger charge is 2.67. The van der Waals surface area contributed by atoms with E-state index < -0.39 is 0 Å². The second-order valence-corrected chi connectivity index (χ2v) is 15.4. The number of rotatable bonds is 8. The summed E-state index contributed by atoms with van der Waals surface area (Å²) in [5.41, 5.74) is 13.5. The van der Waals surface area contributed by atoms with E-state index in [0.29, 0.717) is 11.6 Å². The average molecular weight is 707 g/mol. The van der Waals surface area contributed by atoms with Crippen molar-refractivity contribution in [2.75, 3.05) is 0 Å². The molecule has 8 aromatic rings. The van der Waals surface area contributed by atoms with Crippen LogP contribution in [0, 0.1) is 23.7 Å². The van der Waals surface area contributed by atoms with Crippen LogP contribution in [0.5, 0.6) is 0 Å². The summed E-state index contributed by atoms with van der Waals surface area (Å²) in [5.74, 6) is 6.09. The Hall–Kier alpha value is -6.52. The van der Waals surface area contributed by atoms with Gasteiger partial charge < -0.3 is 0 Å². The molecule has 3 fully saturated rings. The Bertz CT molecular complexity index is 2640. The fourth-order valence-electron chi connectivity index (χ4n) is 9.65. The molecule has 0 saturated heterocycles. The van der Waals surface area contributed by atoms with Crippen molar-refractivity contribution in [3.63, 3.8) is 0 Å². The summed E-state index contributed by atoms with van der Waals surface area (Å²) >= 11 is 0. The van der Waals surface area contributed by atoms with Gasteiger partial charge in [-0.2, -0.15) is 0 Å². The van der Waals surface area contributed by atoms with E-state index in [1.54, 1.807) is 0 Å². The van der Waals surface area contributed by atoms with Gasteiger partial charge in [-0.15, -0.1) is 0 Å². The van der Waals surface area contributed by atoms with E-state index in [2.05, 4.69) is 158 Å². The highest BCUT2D eigenvalue weighted by Crippen LogP contribution is 2.75. The van der Waals surface area contributed by atoms with Crippen molar-refractivity contribution in [3.05, 3.63) is 181 Å². The zero-order chi connectivity index (χ0) is 36.3. The first-order valence-corrected chi connectivity index (χ1v) is 19.5. The Morgan fingerprint density at radius 3 is 1.24 bits per heavy atom. The van der Waals surface area contributed by atoms with Crippen LogP contribution in [0.15, 0.2) is 176 Å². The molecule has 2 aromatic heterocycles. The number of benzene rings is 6. The molecule has 2 unspecified atom stereocenters. The number of nitrogens with zero attached hydrogens (tertiary/aromatic N) is 4. The Kier molecular flexibility index (Phi) is 7.61. The smallest absolute Gasteiger partial charge is 0.161 e. The first-order chi connectivity index (χ1) is 27.2. The van der Waals surface area contributed by atoms with E-state index >= 15 is 0 Å². The molecular weight excluding hydrogens is 669 g/mol. The standard InChI is InChI=1S/C51H38N4/c1-4-12-32(13-5-1)40-18-10-11-19-41(40)51-54-45(34-16-8-3-9-17-34)31-47(55-51)36-22-26-38(27-23-36)50-52-44(33-14-6-2-7-15-33)30-46(53-50)35-20-24-37(25-21-35)48-42-28-39-29-43(48)49(39)42/h1-27,30-31,39,42-43,48-49H,28-29H2. The second-order valence-electron chi connectivity index (χ2n) is 15.4. The minimum Gasteiger partial charge on any atom is -0.228 e. The van der Waals surface area contributed by atoms with Crippen LogP contribution in [0.3, 0.4) is 0 Å². The molecule has 11 rings (SSSR count). The molecule has 0 aliphatic heterocycles. The van der Waals surface area contributed by atoms with Crippen molar-refractivity contribution in [2.45, 2.75) is 18.8 Å². The highest BCUT2D eigenvalue weighted by molar-refractivity contribution is 5.83. The zero-order valence-corrected chi connectivity index (χ0v) is 30.3. The maximum atomic E-state index is 5.20. The van der Waals surface area contributed by atoms with Crippen molar-refractivity contribution >= 4 is 0 Å². The third kappa shape index (κ3) is 5.60. The van der Waals surface area contributed by atoms with Crippen molar-refractivity contribution in [1.82, 2.24) is 19.9 Å². The van der Waals surface area contributed by atoms with E-state index in [1.165, 1.54) is 18.4 Å². The second kappa shape index (κ2) is 13.1. The van der Waals surface area contributed by atoms with Crippen molar-refractivity contribution in [3.8, 4) is 78.9 Å². The van der Waals surface area contributed by atoms with Crippen molar-refractivity contribution in [2.24, 2.45) is 23.7 Å². The molecule has 4 heteroatoms. The quantitative estimate of drug-likeness (QED) is 0.158. The van der Waals surface area contributed by atoms with Gasteiger partial charge in [0.05, 0.1) is 22.8 Å². The van der Waals surface area contributed by atoms with Crippen LogP contribution in [0.2, 0.25) is 0 Å². The number of hydrogen-bond acceptors (Lipinski definition) is 4. The molecule has 6 aromatic carbocycles. The van der Waals surface area contributed by atoms with Gasteiger partial charge in [-0.25, -0.2) is 19.9 Å². The molecule has 3 aliphatic rings. The molecule has 262 valence electrons. The molecule has 0 N–H and O–H groups in total. The Labute approximate surface area is 321 Å². The minimum atomic E-state index is 0.691. The summed E-state index contributed by atoms with van der Waals surface area (Å²) in [6, 6.07) is 61.6. The van der Waals surface area contributed by atoms with Gasteiger partial charge in [0.15, 0.2) is 11.6 Å². The summed E-state index contributed by atoms with van der Waals surface area (Å²) in [6.07, 6.45) is 2.88. The Balaban J connectivity index is 0.967. The van der Waals surface area contributed by atoms with E-state index in [-0.39, 0.29) is 0 Å². The molecule has 2 heterocycles. The third-order valence-corrected chi connectivity index (χ3v) is 12.5. The lowest BCUT2D eigenvalue weighted by atomic mass is 9.31. The lowest BCUT2D eigenvalue weighted by Crippen LogP contribution is -2.65. The van der Waals surface area contributed by atoms with E-state index in [0.717, 1.165) is 96.9 Å². The van der Waals surface area contributed by atoms with E-state index in [1.807, 2.05) is 18.2 Å². The van der Waals surface area contributed by atoms with Crippen LogP contribution in [-0.2, 0) is 0 Å². The normalized spacial score (nSPS) is 20.4. The van der Waals surface area contributed by atoms with Gasteiger partial charge in [-0.3, -0.25) is 0 Å². The van der Waals surface area contributed by atoms with Crippen LogP contribution in [0.4, 0.5) is 0 Å². The van der Waals surface area contributed by atoms with Crippen LogP contribution in [-0.4, -0.2) is 19.9 Å². The Morgan fingerprint density at radius 1 is 0.345 bits per heavy atom. The van der Waals surface area contributed by atoms with Gasteiger partial charge in [0.2, 0.25) is 0 Å². The number of hydrogen-bond donors (Lipinski definition) is 0. The van der Waals surface area contributed by atoms with Gasteiger partial charge in [0.25, 0.3) is 0 Å². The molecule has 3 saturated carbocycles. The maximum Gasteiger partial charge on any atom is 0.161 e. The predicted octanol–water partition coefficient (Wildman–Crippen LogP) is 12.3. The number of aromatic nitrogens is 4. The zero-order valence-electron chi connectivity index (χ0n) is 30.3. The third-order valence-electron chi connectivity index (χ3n) is 12.5. The SMILES string of the molecule is c1ccc(-c2cc(-c3ccc(C4C5CC6CC4C65)cc3)nc(-c3ccc(-c4cc(-c5ccccc5)nc(-c5ccccc5-c5ccccc5)n4)cc3)n2)cc1. The predicted molar refractivity (Wildman–Crippen MR) is 222 cm³/mol. The molecule has 0 radical (unpaired) electrons. The van der Waals surface area contributed by atoms with Crippen LogP contribution < -0.4 is 0 Å². The van der Waals surface area contributed by atoms with Gasteiger partial charge in [-0.1, -0.05) is 164 Å². The highest BCUT2D eigenvalue weighted by atomic mass is 14.9. The van der Waals surface area contributed by atoms with Crippen LogP contribution in [0.25, 0.3) is 78.9 Å². The summed E-state index contributed by atoms with van der Waals surface area (Å²) in [7, 11) is 0. The molecule has 0 amide bonds. The largest absolute Gasteiger partial charge is 0.228 e. The van der Waals surface area contributed by atoms with Gasteiger partial charge >= 0.3 is 0 Å². The van der Waals surface area contributed by atoms with E-state index in [9.17, 15) is 0 Å². The topological polar surface area (TPSA) is 51.6 Å². The summed E-state index contributed by atoms with van der Waals surface area (Å²) < 4.78 is 0. The molecule has 3 aliphatic carbocycles. The Morgan fingerprint density at radius 2 is 0.745 bits per heavy atom. The maximum absolute atomic E-state index is 5.20. The monoisotopic (exact) mass is 706 g/mol. The summed E-state index contributed by atoms with van der Waals surface area (Å²) in [4.78, 5) is 20.6. The first kappa shape index (κ1) is 32.0. The average Bonchev–Trinajstić information content (AvgIpc) is 3.27. The summed E-state index contributed by atoms with van der Waals surface area (Å²) in [5, 5.41) is 0. The lowest BCUT2D eigenvalue weighted by molar-refractivity contribution is -0.214. The van der Waals surface area contributed by atoms with Crippen molar-refractivity contribution in [1.29, 1.82) is 0 Å². The molecule has 0 bridgehead atoms. The molecule has 0 spiro atoms. The fourth-order valence-corrected chi connectivity index (χ4v) is 9.65. The van der Waals surface area contributed by atoms with Crippen molar-refractivity contribution < 1.29 is 0 Å². The fraction of sp³-hybridized carbons (Fsp3) is 0.137. The van der Waals surface area contributed by atoms with E-state index in [4.69, 9.17) is 19.9 Å². The molecular formula is C51H38N4. The van der Waals surface area contributed by atoms with Gasteiger partial charge in [0.1, 0.15) is 0 Å². The summed E-state index contributed by atoms with van der Waals surface area (Å²) in [6.45, 7) is 0. The van der Waals surface area contributed by atoms with Gasteiger partial charge in [0, 0.05) is 33.4 Å². The molecule has 2 atom stereocenters. The molecule has 55 heavy (non-hydrogen) atoms. The molecule has 4 nitrogen and oxygen atoms in total.